The Morgan fingerprint density at radius 2 is 0.760 bits per heavy atom. The van der Waals surface area contributed by atoms with Crippen LogP contribution in [-0.2, 0) is 67.2 Å². The number of benzene rings is 3. The number of nitrogens with zero attached hydrogens (tertiary/aromatic N) is 4. The summed E-state index contributed by atoms with van der Waals surface area (Å²) in [4.78, 5) is 36.4. The number of carbonyl (C=O) groups is 3. The van der Waals surface area contributed by atoms with Crippen molar-refractivity contribution in [1.82, 2.24) is 15.2 Å². The number of allylic oxidation sites excluding steroid dienone is 8. The fourth-order valence-corrected chi connectivity index (χ4v) is 14.0. The molecule has 3 aromatic rings. The quantitative estimate of drug-likeness (QED) is 0.0453. The van der Waals surface area contributed by atoms with Crippen LogP contribution in [0.2, 0.25) is 0 Å². The standard InChI is InChI=1S/C17H11F4NO3S.C14H15F4NO4S.C13H13F4NO4S.C13H9F4NO4S/c1-2-16(18,19)17(20,21)26(23,24)25-22-15-13-9-5-3-7-11(13)12-8-4-6-10-14(12)15;1-3-13(15,16)14(17,18)24(21,22)23-19-7(2)10-8-4-5-9(6-8)11(10)12(19)20;2*1-3-12(14,15)13(16,17)23(20,21)22-18-8(2)9-6-4-5-7-10(9)11(18)19/h2-10H,1H2;3,8-11H,1-2,4-6H2;3-5,9-10H,1-2,6-7H2;3-7H,1-2H2. The number of fused-ring (bicyclic) bond motifs is 10. The van der Waals surface area contributed by atoms with Crippen LogP contribution in [0.25, 0.3) is 16.8 Å². The third kappa shape index (κ3) is 12.6. The molecule has 0 spiro atoms. The Balaban J connectivity index is 0.000000181. The number of carbonyl (C=O) groups excluding carboxylic acids is 3. The van der Waals surface area contributed by atoms with E-state index in [1.165, 1.54) is 24.3 Å². The fourth-order valence-electron chi connectivity index (χ4n) is 10.7. The number of rotatable bonds is 20. The highest BCUT2D eigenvalue weighted by molar-refractivity contribution is 7.88. The van der Waals surface area contributed by atoms with Crippen LogP contribution in [0.5, 0.6) is 0 Å². The van der Waals surface area contributed by atoms with Gasteiger partial charge in [-0.2, -0.15) is 119 Å². The lowest BCUT2D eigenvalue weighted by atomic mass is 9.80. The summed E-state index contributed by atoms with van der Waals surface area (Å²) in [5, 5.41) is -18.9. The number of amides is 3. The second-order valence-corrected chi connectivity index (χ2v) is 27.7. The molecule has 7 aliphatic rings. The fraction of sp³-hybridized carbons (Fsp3) is 0.333. The van der Waals surface area contributed by atoms with Crippen LogP contribution in [0.1, 0.15) is 59.2 Å². The van der Waals surface area contributed by atoms with E-state index in [1.807, 2.05) is 0 Å². The summed E-state index contributed by atoms with van der Waals surface area (Å²) in [6, 6.07) is 18.9. The van der Waals surface area contributed by atoms with E-state index in [9.17, 15) is 118 Å². The monoisotopic (exact) mass is 1460 g/mol. The van der Waals surface area contributed by atoms with Crippen LogP contribution >= 0.6 is 0 Å². The third-order valence-electron chi connectivity index (χ3n) is 15.8. The molecule has 522 valence electrons. The minimum Gasteiger partial charge on any atom is -0.272 e. The number of oxime groups is 1. The van der Waals surface area contributed by atoms with E-state index in [0.29, 0.717) is 28.7 Å². The Kier molecular flexibility index (Phi) is 20.3. The SMILES string of the molecule is C=CC(F)(F)C(F)(F)S(=O)(=O)ON1C(=C)C2C3CCC(C3)C2C1=O.C=CC(F)(F)C(F)(F)S(=O)(=O)ON1C(=C)C2CC=CCC2C1=O.C=CC(F)(F)C(F)(F)S(=O)(=O)ON1C(=C)c2ccccc2C1=O.C=CC(F)(F)C(F)(F)S(=O)(=O)ON=C1c2ccccc2-c2ccccc21. The molecule has 3 aliphatic heterocycles. The summed E-state index contributed by atoms with van der Waals surface area (Å²) in [7, 11) is -24.6. The number of hydrogen-bond acceptors (Lipinski definition) is 16. The van der Waals surface area contributed by atoms with Crippen LogP contribution in [0.4, 0.5) is 70.2 Å². The minimum atomic E-state index is -6.21. The van der Waals surface area contributed by atoms with Gasteiger partial charge in [-0.15, -0.1) is 12.9 Å². The van der Waals surface area contributed by atoms with Crippen molar-refractivity contribution in [1.29, 1.82) is 0 Å². The first-order valence-corrected chi connectivity index (χ1v) is 32.5. The van der Waals surface area contributed by atoms with Crippen LogP contribution in [-0.4, -0.2) is 117 Å². The van der Waals surface area contributed by atoms with Crippen molar-refractivity contribution in [3.63, 3.8) is 0 Å². The average molecular weight is 1460 g/mol. The summed E-state index contributed by atoms with van der Waals surface area (Å²) in [5.74, 6) is -25.2. The van der Waals surface area contributed by atoms with Crippen LogP contribution in [0.3, 0.4) is 0 Å². The molecule has 0 aromatic heterocycles. The van der Waals surface area contributed by atoms with Gasteiger partial charge in [0.25, 0.3) is 17.7 Å². The third-order valence-corrected chi connectivity index (χ3v) is 20.7. The molecule has 96 heavy (non-hydrogen) atoms. The Hall–Kier alpha value is -7.98. The molecular formula is C57H48F16N4O15S4. The van der Waals surface area contributed by atoms with Crippen molar-refractivity contribution in [3.8, 4) is 11.1 Å². The molecule has 4 fully saturated rings. The zero-order valence-corrected chi connectivity index (χ0v) is 51.7. The normalized spacial score (nSPS) is 22.0. The predicted molar refractivity (Wildman–Crippen MR) is 305 cm³/mol. The average Bonchev–Trinajstić information content (AvgIpc) is 1.59. The van der Waals surface area contributed by atoms with Gasteiger partial charge in [-0.05, 0) is 85.4 Å². The largest absolute Gasteiger partial charge is 0.448 e. The van der Waals surface area contributed by atoms with E-state index in [2.05, 4.69) is 68.3 Å². The highest BCUT2D eigenvalue weighted by atomic mass is 32.2. The molecule has 0 N–H and O–H groups in total. The molecule has 6 unspecified atom stereocenters. The van der Waals surface area contributed by atoms with Gasteiger partial charge in [0.15, 0.2) is 0 Å². The van der Waals surface area contributed by atoms with Crippen molar-refractivity contribution >= 4 is 69.6 Å². The highest BCUT2D eigenvalue weighted by Gasteiger charge is 2.70. The summed E-state index contributed by atoms with van der Waals surface area (Å²) < 4.78 is 323. The smallest absolute Gasteiger partial charge is 0.272 e. The predicted octanol–water partition coefficient (Wildman–Crippen LogP) is 12.2. The van der Waals surface area contributed by atoms with Crippen molar-refractivity contribution in [2.24, 2.45) is 40.7 Å². The molecule has 0 radical (unpaired) electrons. The molecule has 19 nitrogen and oxygen atoms in total. The van der Waals surface area contributed by atoms with Crippen LogP contribution < -0.4 is 0 Å². The Bertz CT molecular complexity index is 4160. The second-order valence-electron chi connectivity index (χ2n) is 21.4. The lowest BCUT2D eigenvalue weighted by Crippen LogP contribution is -2.48. The highest BCUT2D eigenvalue weighted by Crippen LogP contribution is 2.59. The van der Waals surface area contributed by atoms with Gasteiger partial charge in [0.1, 0.15) is 5.71 Å². The number of halogens is 16. The maximum Gasteiger partial charge on any atom is 0.448 e. The van der Waals surface area contributed by atoms with E-state index in [0.717, 1.165) is 19.3 Å². The molecule has 39 heteroatoms. The summed E-state index contributed by atoms with van der Waals surface area (Å²) >= 11 is 0. The molecule has 2 bridgehead atoms. The molecular weight excluding hydrogens is 1410 g/mol. The number of hydroxylamine groups is 6. The van der Waals surface area contributed by atoms with Crippen LogP contribution in [0.15, 0.2) is 172 Å². The molecule has 2 saturated heterocycles. The van der Waals surface area contributed by atoms with E-state index in [-0.39, 0.29) is 73.3 Å². The lowest BCUT2D eigenvalue weighted by Gasteiger charge is -2.26. The number of alkyl halides is 16. The zero-order valence-electron chi connectivity index (χ0n) is 48.4. The van der Waals surface area contributed by atoms with E-state index < -0.39 is 145 Å². The van der Waals surface area contributed by atoms with Gasteiger partial charge in [-0.1, -0.05) is 130 Å². The van der Waals surface area contributed by atoms with Gasteiger partial charge in [0.2, 0.25) is 0 Å². The lowest BCUT2D eigenvalue weighted by molar-refractivity contribution is -0.158. The molecule has 3 amide bonds. The minimum absolute atomic E-state index is 0.00989. The maximum atomic E-state index is 13.6. The topological polar surface area (TPSA) is 247 Å². The summed E-state index contributed by atoms with van der Waals surface area (Å²) in [5.41, 5.74) is 1.66. The van der Waals surface area contributed by atoms with Gasteiger partial charge in [0.05, 0.1) is 23.1 Å². The first kappa shape index (κ1) is 75.4. The van der Waals surface area contributed by atoms with Crippen molar-refractivity contribution < 1.29 is 135 Å². The van der Waals surface area contributed by atoms with Crippen molar-refractivity contribution in [2.45, 2.75) is 76.8 Å². The summed E-state index contributed by atoms with van der Waals surface area (Å²) in [6.45, 7) is 20.3. The van der Waals surface area contributed by atoms with Gasteiger partial charge >= 0.3 is 85.2 Å². The Morgan fingerprint density at radius 3 is 1.14 bits per heavy atom. The second kappa shape index (κ2) is 25.8. The van der Waals surface area contributed by atoms with Gasteiger partial charge < -0.3 is 0 Å². The van der Waals surface area contributed by atoms with Crippen molar-refractivity contribution in [2.75, 3.05) is 0 Å². The van der Waals surface area contributed by atoms with E-state index in [4.69, 9.17) is 0 Å². The molecule has 3 aromatic carbocycles. The molecule has 6 atom stereocenters. The van der Waals surface area contributed by atoms with E-state index >= 15 is 0 Å². The number of hydrogen-bond donors (Lipinski definition) is 0. The molecule has 4 aliphatic carbocycles. The van der Waals surface area contributed by atoms with Crippen molar-refractivity contribution in [3.05, 3.63) is 189 Å². The zero-order chi connectivity index (χ0) is 72.5. The molecule has 3 heterocycles. The summed E-state index contributed by atoms with van der Waals surface area (Å²) in [6.07, 6.45) is 4.40. The first-order chi connectivity index (χ1) is 44.0. The van der Waals surface area contributed by atoms with Crippen LogP contribution in [0, 0.1) is 35.5 Å². The Morgan fingerprint density at radius 1 is 0.427 bits per heavy atom. The maximum absolute atomic E-state index is 13.6. The van der Waals surface area contributed by atoms with E-state index in [1.54, 1.807) is 60.7 Å². The van der Waals surface area contributed by atoms with Gasteiger partial charge in [-0.25, -0.2) is 0 Å². The first-order valence-electron chi connectivity index (χ1n) is 26.9. The Labute approximate surface area is 535 Å². The van der Waals surface area contributed by atoms with Gasteiger partial charge in [-0.3, -0.25) is 18.7 Å². The molecule has 10 rings (SSSR count). The van der Waals surface area contributed by atoms with Gasteiger partial charge in [0, 0.05) is 39.9 Å². The molecule has 2 saturated carbocycles.